The molecule has 0 spiro atoms. The number of aromatic amines is 3. The van der Waals surface area contributed by atoms with Gasteiger partial charge in [0.1, 0.15) is 0 Å². The molecule has 0 aliphatic rings. The van der Waals surface area contributed by atoms with Crippen molar-refractivity contribution in [2.75, 3.05) is 0 Å². The Kier molecular flexibility index (Phi) is 23.6. The Morgan fingerprint density at radius 2 is 0.882 bits per heavy atom. The number of rotatable bonds is 3. The van der Waals surface area contributed by atoms with Crippen LogP contribution in [-0.2, 0) is 0 Å². The van der Waals surface area contributed by atoms with Gasteiger partial charge in [-0.1, -0.05) is 23.8 Å². The molecule has 0 radical (unpaired) electrons. The minimum absolute atomic E-state index is 0. The van der Waals surface area contributed by atoms with E-state index >= 15 is 0 Å². The van der Waals surface area contributed by atoms with E-state index < -0.39 is 17.0 Å². The second-order valence-corrected chi connectivity index (χ2v) is 15.9. The third-order valence-corrected chi connectivity index (χ3v) is 10.9. The average Bonchev–Trinajstić information content (AvgIpc) is 3.98. The molecule has 0 bridgehead atoms. The topological polar surface area (TPSA) is 281 Å². The molecular formula is C50H57N6NaO11. The monoisotopic (exact) mass is 940 g/mol. The molecule has 5 aromatic carbocycles. The zero-order chi connectivity index (χ0) is 50.9. The third-order valence-electron chi connectivity index (χ3n) is 10.9. The van der Waals surface area contributed by atoms with Crippen molar-refractivity contribution < 1.29 is 64.6 Å². The molecule has 0 unspecified atom stereocenters. The summed E-state index contributed by atoms with van der Waals surface area (Å²) in [5.74, 6) is -1.78. The summed E-state index contributed by atoms with van der Waals surface area (Å²) in [6.07, 6.45) is 5.04. The van der Waals surface area contributed by atoms with E-state index in [9.17, 15) is 19.7 Å². The molecule has 6 N–H and O–H groups in total. The zero-order valence-electron chi connectivity index (χ0n) is 40.6. The zero-order valence-corrected chi connectivity index (χ0v) is 42.6. The molecule has 0 aliphatic carbocycles. The number of benzene rings is 5. The van der Waals surface area contributed by atoms with Gasteiger partial charge in [-0.05, 0) is 193 Å². The molecule has 8 aromatic rings. The summed E-state index contributed by atoms with van der Waals surface area (Å²) >= 11 is 0. The molecular weight excluding hydrogens is 884 g/mol. The van der Waals surface area contributed by atoms with Gasteiger partial charge in [-0.2, -0.15) is 0 Å². The molecule has 0 fully saturated rings. The van der Waals surface area contributed by atoms with Gasteiger partial charge in [0.05, 0.1) is 16.1 Å². The first kappa shape index (κ1) is 58.7. The van der Waals surface area contributed by atoms with E-state index in [1.165, 1.54) is 51.1 Å². The Balaban J connectivity index is 0.000000412. The molecule has 0 saturated heterocycles. The maximum atomic E-state index is 10.9. The first-order valence-corrected chi connectivity index (χ1v) is 20.5. The van der Waals surface area contributed by atoms with Crippen LogP contribution in [0, 0.1) is 113 Å². The predicted octanol–water partition coefficient (Wildman–Crippen LogP) is 9.79. The van der Waals surface area contributed by atoms with Crippen molar-refractivity contribution in [3.63, 3.8) is 0 Å². The SMILES string of the molecule is Cc1cc(C)c([N+](=O)[O-])cc1C.Cc1cc2[nH]cc(C(=O)O)c2cc1C.Cc1cc2[nH]cc(C(=O)O)c2cc1C.Cc1cc2cc[nH]c2cc1C.Cc1ccc(C)c(C)c1.O=N[O-].O=[N+]([O-])O.[Na+]. The standard InChI is InChI=1S/2C11H11NO2.C10H11N.C9H11NO2.C9H12.HNO3.HNO2.Na/c2*1-6-3-8-9(11(13)14)5-12-10(8)4-7(6)2;1-7-5-9-3-4-11-10(9)6-8(7)2;1-6-4-8(3)9(10(11)12)5-7(6)2;1-7-4-5-8(2)9(3)6-7;2-1(3)4;2-1-3;/h2*3-5,12H,1-2H3,(H,13,14);3-6,11H,1-2H3;4-5H,1-3H3;4-6H,1-3H3;(H,2,3,4);(H,2,3);/q;;;;;;;+1/p-1. The van der Waals surface area contributed by atoms with E-state index in [-0.39, 0.29) is 40.2 Å². The number of carboxylic acid groups (broad SMARTS) is 2. The number of H-pyrrole nitrogens is 3. The summed E-state index contributed by atoms with van der Waals surface area (Å²) in [5, 5.41) is 53.8. The van der Waals surface area contributed by atoms with Crippen LogP contribution in [0.3, 0.4) is 0 Å². The van der Waals surface area contributed by atoms with Crippen molar-refractivity contribution in [1.82, 2.24) is 15.0 Å². The van der Waals surface area contributed by atoms with Crippen LogP contribution in [0.1, 0.15) is 87.5 Å². The Hall–Kier alpha value is -7.34. The summed E-state index contributed by atoms with van der Waals surface area (Å²) in [6, 6.07) is 24.2. The molecule has 0 saturated carbocycles. The maximum absolute atomic E-state index is 10.9. The molecule has 17 nitrogen and oxygen atoms in total. The Morgan fingerprint density at radius 1 is 0.515 bits per heavy atom. The number of nitrogens with zero attached hydrogens (tertiary/aromatic N) is 3. The van der Waals surface area contributed by atoms with Crippen LogP contribution in [0.25, 0.3) is 32.7 Å². The molecule has 8 rings (SSSR count). The van der Waals surface area contributed by atoms with Crippen LogP contribution < -0.4 is 29.6 Å². The minimum atomic E-state index is -1.50. The number of hydrogen-bond donors (Lipinski definition) is 6. The fraction of sp³-hybridized carbons (Fsp3) is 0.240. The minimum Gasteiger partial charge on any atom is -0.478 e. The van der Waals surface area contributed by atoms with Gasteiger partial charge in [-0.15, -0.1) is 15.5 Å². The number of aromatic carboxylic acids is 2. The number of fused-ring (bicyclic) bond motifs is 3. The van der Waals surface area contributed by atoms with Gasteiger partial charge in [-0.25, -0.2) is 9.59 Å². The van der Waals surface area contributed by atoms with E-state index in [2.05, 4.69) is 86.0 Å². The van der Waals surface area contributed by atoms with Crippen LogP contribution in [0.15, 0.2) is 96.7 Å². The first-order valence-electron chi connectivity index (χ1n) is 20.5. The number of nitrogens with one attached hydrogen (secondary N) is 3. The third kappa shape index (κ3) is 17.5. The molecule has 3 heterocycles. The Morgan fingerprint density at radius 3 is 1.28 bits per heavy atom. The number of aromatic nitrogens is 3. The summed E-state index contributed by atoms with van der Waals surface area (Å²) in [4.78, 5) is 57.3. The van der Waals surface area contributed by atoms with Crippen LogP contribution in [0.2, 0.25) is 0 Å². The van der Waals surface area contributed by atoms with Crippen molar-refractivity contribution in [3.05, 3.63) is 200 Å². The second kappa shape index (κ2) is 27.3. The van der Waals surface area contributed by atoms with Crippen molar-refractivity contribution in [1.29, 1.82) is 0 Å². The van der Waals surface area contributed by atoms with Gasteiger partial charge in [0, 0.05) is 57.5 Å². The van der Waals surface area contributed by atoms with E-state index in [0.717, 1.165) is 66.1 Å². The van der Waals surface area contributed by atoms with Crippen molar-refractivity contribution >= 4 is 50.3 Å². The van der Waals surface area contributed by atoms with E-state index in [1.807, 2.05) is 78.1 Å². The van der Waals surface area contributed by atoms with Gasteiger partial charge >= 0.3 is 41.5 Å². The smallest absolute Gasteiger partial charge is 0.478 e. The normalized spacial score (nSPS) is 9.71. The maximum Gasteiger partial charge on any atom is 1.00 e. The summed E-state index contributed by atoms with van der Waals surface area (Å²) < 4.78 is 0. The van der Waals surface area contributed by atoms with E-state index in [1.54, 1.807) is 13.0 Å². The molecule has 68 heavy (non-hydrogen) atoms. The number of carbonyl (C=O) groups is 2. The molecule has 0 atom stereocenters. The number of aryl methyl sites for hydroxylation is 12. The predicted molar refractivity (Wildman–Crippen MR) is 263 cm³/mol. The van der Waals surface area contributed by atoms with Crippen molar-refractivity contribution in [3.8, 4) is 0 Å². The van der Waals surface area contributed by atoms with Gasteiger partial charge < -0.3 is 40.5 Å². The van der Waals surface area contributed by atoms with Crippen molar-refractivity contribution in [2.45, 2.75) is 83.1 Å². The molecule has 354 valence electrons. The second-order valence-electron chi connectivity index (χ2n) is 15.9. The summed E-state index contributed by atoms with van der Waals surface area (Å²) in [6.45, 7) is 24.2. The van der Waals surface area contributed by atoms with Crippen LogP contribution in [0.4, 0.5) is 5.69 Å². The van der Waals surface area contributed by atoms with Gasteiger partial charge in [-0.3, -0.25) is 10.1 Å². The molecule has 0 amide bonds. The number of carboxylic acids is 2. The first-order chi connectivity index (χ1) is 31.3. The molecule has 3 aromatic heterocycles. The average molecular weight is 941 g/mol. The number of hydrogen-bond acceptors (Lipinski definition) is 9. The number of nitro benzene ring substituents is 1. The Bertz CT molecular complexity index is 2890. The van der Waals surface area contributed by atoms with Gasteiger partial charge in [0.2, 0.25) is 0 Å². The van der Waals surface area contributed by atoms with E-state index in [0.29, 0.717) is 11.1 Å². The van der Waals surface area contributed by atoms with Crippen LogP contribution in [-0.4, -0.2) is 52.3 Å². The fourth-order valence-electron chi connectivity index (χ4n) is 6.48. The van der Waals surface area contributed by atoms with Gasteiger partial charge in [0.25, 0.3) is 10.8 Å². The van der Waals surface area contributed by atoms with Crippen molar-refractivity contribution in [2.24, 2.45) is 5.34 Å². The quantitative estimate of drug-likeness (QED) is 0.0419. The van der Waals surface area contributed by atoms with Gasteiger partial charge in [0.15, 0.2) is 0 Å². The fourth-order valence-corrected chi connectivity index (χ4v) is 6.48. The van der Waals surface area contributed by atoms with Crippen LogP contribution >= 0.6 is 0 Å². The summed E-state index contributed by atoms with van der Waals surface area (Å²) in [5.41, 5.74) is 18.0. The largest absolute Gasteiger partial charge is 1.00 e. The molecule has 0 aliphatic heterocycles. The number of nitro groups is 1. The van der Waals surface area contributed by atoms with E-state index in [4.69, 9.17) is 35.6 Å². The summed E-state index contributed by atoms with van der Waals surface area (Å²) in [7, 11) is 0. The Labute approximate surface area is 415 Å². The van der Waals surface area contributed by atoms with Crippen LogP contribution in [0.5, 0.6) is 0 Å². The molecule has 18 heteroatoms.